The number of carbonyl (C=O) groups excluding carboxylic acids is 1. The molecule has 1 aromatic carbocycles. The number of H-pyrrole nitrogens is 1. The molecule has 3 rings (SSSR count). The van der Waals surface area contributed by atoms with Crippen molar-refractivity contribution in [3.05, 3.63) is 30.0 Å². The lowest BCUT2D eigenvalue weighted by molar-refractivity contribution is 0.0949. The molecule has 1 fully saturated rings. The molecule has 1 amide bonds. The number of carbonyl (C=O) groups is 1. The van der Waals surface area contributed by atoms with Crippen LogP contribution in [0.1, 0.15) is 24.2 Å². The summed E-state index contributed by atoms with van der Waals surface area (Å²) in [5, 5.41) is 10.9. The van der Waals surface area contributed by atoms with E-state index >= 15 is 0 Å². The average molecular weight is 229 g/mol. The Morgan fingerprint density at radius 2 is 2.12 bits per heavy atom. The van der Waals surface area contributed by atoms with Crippen molar-refractivity contribution < 1.29 is 4.79 Å². The van der Waals surface area contributed by atoms with E-state index in [1.807, 2.05) is 18.2 Å². The van der Waals surface area contributed by atoms with Gasteiger partial charge in [0.05, 0.1) is 17.3 Å². The molecule has 0 bridgehead atoms. The monoisotopic (exact) mass is 229 g/mol. The molecule has 0 unspecified atom stereocenters. The topological polar surface area (TPSA) is 57.8 Å². The van der Waals surface area contributed by atoms with Gasteiger partial charge in [0.1, 0.15) is 0 Å². The first-order valence-corrected chi connectivity index (χ1v) is 5.91. The van der Waals surface area contributed by atoms with Crippen molar-refractivity contribution in [3.8, 4) is 0 Å². The summed E-state index contributed by atoms with van der Waals surface area (Å²) < 4.78 is 0. The van der Waals surface area contributed by atoms with Gasteiger partial charge < -0.3 is 5.32 Å². The molecule has 0 aliphatic heterocycles. The molecular weight excluding hydrogens is 214 g/mol. The highest BCUT2D eigenvalue weighted by Crippen LogP contribution is 2.37. The van der Waals surface area contributed by atoms with E-state index in [4.69, 9.17) is 0 Å². The second-order valence-corrected chi connectivity index (χ2v) is 4.86. The SMILES string of the molecule is C[C@H]1C(NC(=O)c2cccc3cn[nH]c23)[C@@H]1C. The largest absolute Gasteiger partial charge is 0.349 e. The van der Waals surface area contributed by atoms with E-state index in [1.165, 1.54) is 0 Å². The van der Waals surface area contributed by atoms with Crippen molar-refractivity contribution in [1.82, 2.24) is 15.5 Å². The number of nitrogens with zero attached hydrogens (tertiary/aromatic N) is 1. The number of rotatable bonds is 2. The van der Waals surface area contributed by atoms with Crippen LogP contribution in [0.5, 0.6) is 0 Å². The third-order valence-electron chi connectivity index (χ3n) is 3.84. The fourth-order valence-corrected chi connectivity index (χ4v) is 2.31. The van der Waals surface area contributed by atoms with E-state index in [2.05, 4.69) is 29.4 Å². The van der Waals surface area contributed by atoms with E-state index in [0.29, 0.717) is 23.4 Å². The number of hydrogen-bond donors (Lipinski definition) is 2. The first-order chi connectivity index (χ1) is 8.18. The van der Waals surface area contributed by atoms with Crippen LogP contribution in [0.4, 0.5) is 0 Å². The van der Waals surface area contributed by atoms with E-state index in [0.717, 1.165) is 10.9 Å². The van der Waals surface area contributed by atoms with Crippen molar-refractivity contribution in [2.24, 2.45) is 11.8 Å². The van der Waals surface area contributed by atoms with Crippen molar-refractivity contribution >= 4 is 16.8 Å². The quantitative estimate of drug-likeness (QED) is 0.826. The molecule has 4 nitrogen and oxygen atoms in total. The summed E-state index contributed by atoms with van der Waals surface area (Å²) in [7, 11) is 0. The number of benzene rings is 1. The van der Waals surface area contributed by atoms with Crippen LogP contribution >= 0.6 is 0 Å². The van der Waals surface area contributed by atoms with Crippen LogP contribution in [-0.4, -0.2) is 22.1 Å². The predicted molar refractivity (Wildman–Crippen MR) is 65.7 cm³/mol. The van der Waals surface area contributed by atoms with E-state index in [1.54, 1.807) is 6.20 Å². The number of fused-ring (bicyclic) bond motifs is 1. The number of hydrogen-bond acceptors (Lipinski definition) is 2. The fraction of sp³-hybridized carbons (Fsp3) is 0.385. The molecule has 0 saturated heterocycles. The second-order valence-electron chi connectivity index (χ2n) is 4.86. The summed E-state index contributed by atoms with van der Waals surface area (Å²) in [6, 6.07) is 5.97. The van der Waals surface area contributed by atoms with Gasteiger partial charge >= 0.3 is 0 Å². The first-order valence-electron chi connectivity index (χ1n) is 5.91. The molecule has 2 N–H and O–H groups in total. The number of aromatic amines is 1. The Kier molecular flexibility index (Phi) is 2.18. The van der Waals surface area contributed by atoms with Gasteiger partial charge in [-0.15, -0.1) is 0 Å². The van der Waals surface area contributed by atoms with E-state index in [-0.39, 0.29) is 5.91 Å². The molecule has 1 heterocycles. The van der Waals surface area contributed by atoms with Crippen molar-refractivity contribution in [2.45, 2.75) is 19.9 Å². The summed E-state index contributed by atoms with van der Waals surface area (Å²) in [5.41, 5.74) is 1.48. The normalized spacial score (nSPS) is 27.1. The number of nitrogens with one attached hydrogen (secondary N) is 2. The molecule has 88 valence electrons. The van der Waals surface area contributed by atoms with Crippen LogP contribution in [0.25, 0.3) is 10.9 Å². The van der Waals surface area contributed by atoms with Gasteiger partial charge in [0, 0.05) is 11.4 Å². The van der Waals surface area contributed by atoms with Crippen molar-refractivity contribution in [3.63, 3.8) is 0 Å². The summed E-state index contributed by atoms with van der Waals surface area (Å²) in [6.07, 6.45) is 1.73. The minimum absolute atomic E-state index is 0.0129. The van der Waals surface area contributed by atoms with Crippen LogP contribution in [0.3, 0.4) is 0 Å². The minimum atomic E-state index is -0.0129. The van der Waals surface area contributed by atoms with Gasteiger partial charge in [-0.1, -0.05) is 26.0 Å². The summed E-state index contributed by atoms with van der Waals surface area (Å²) in [5.74, 6) is 1.15. The second kappa shape index (κ2) is 3.58. The Balaban J connectivity index is 1.88. The van der Waals surface area contributed by atoms with Crippen LogP contribution in [0.2, 0.25) is 0 Å². The average Bonchev–Trinajstić information content (AvgIpc) is 2.78. The highest BCUT2D eigenvalue weighted by molar-refractivity contribution is 6.05. The number of amides is 1. The summed E-state index contributed by atoms with van der Waals surface area (Å²) in [6.45, 7) is 4.32. The molecule has 4 heteroatoms. The maximum absolute atomic E-state index is 12.1. The highest BCUT2D eigenvalue weighted by Gasteiger charge is 2.43. The Hall–Kier alpha value is -1.84. The maximum Gasteiger partial charge on any atom is 0.253 e. The molecule has 17 heavy (non-hydrogen) atoms. The third kappa shape index (κ3) is 1.60. The van der Waals surface area contributed by atoms with Gasteiger partial charge in [-0.2, -0.15) is 5.10 Å². The Bertz CT molecular complexity index is 567. The molecule has 0 radical (unpaired) electrons. The zero-order valence-electron chi connectivity index (χ0n) is 9.90. The molecule has 1 aliphatic rings. The number of para-hydroxylation sites is 1. The molecule has 1 saturated carbocycles. The molecule has 2 aromatic rings. The highest BCUT2D eigenvalue weighted by atomic mass is 16.1. The third-order valence-corrected chi connectivity index (χ3v) is 3.84. The Morgan fingerprint density at radius 1 is 1.35 bits per heavy atom. The van der Waals surface area contributed by atoms with Gasteiger partial charge in [-0.25, -0.2) is 0 Å². The lowest BCUT2D eigenvalue weighted by Crippen LogP contribution is -2.27. The van der Waals surface area contributed by atoms with Crippen LogP contribution in [0.15, 0.2) is 24.4 Å². The Labute approximate surface area is 99.4 Å². The van der Waals surface area contributed by atoms with Crippen molar-refractivity contribution in [2.75, 3.05) is 0 Å². The van der Waals surface area contributed by atoms with Gasteiger partial charge in [0.15, 0.2) is 0 Å². The molecule has 2 atom stereocenters. The molecule has 1 aromatic heterocycles. The minimum Gasteiger partial charge on any atom is -0.349 e. The lowest BCUT2D eigenvalue weighted by atomic mass is 10.1. The van der Waals surface area contributed by atoms with E-state index < -0.39 is 0 Å². The zero-order valence-corrected chi connectivity index (χ0v) is 9.90. The fourth-order valence-electron chi connectivity index (χ4n) is 2.31. The zero-order chi connectivity index (χ0) is 12.0. The van der Waals surface area contributed by atoms with Crippen LogP contribution < -0.4 is 5.32 Å². The summed E-state index contributed by atoms with van der Waals surface area (Å²) in [4.78, 5) is 12.1. The summed E-state index contributed by atoms with van der Waals surface area (Å²) >= 11 is 0. The van der Waals surface area contributed by atoms with E-state index in [9.17, 15) is 4.79 Å². The van der Waals surface area contributed by atoms with Gasteiger partial charge in [-0.3, -0.25) is 9.89 Å². The van der Waals surface area contributed by atoms with Gasteiger partial charge in [0.2, 0.25) is 0 Å². The van der Waals surface area contributed by atoms with Crippen LogP contribution in [-0.2, 0) is 0 Å². The molecular formula is C13H15N3O. The molecule has 0 spiro atoms. The standard InChI is InChI=1S/C13H15N3O/c1-7-8(2)11(7)15-13(17)10-5-3-4-9-6-14-16-12(9)10/h3-8,11H,1-2H3,(H,14,16)(H,15,17)/t7-,8-/m1/s1. The maximum atomic E-state index is 12.1. The van der Waals surface area contributed by atoms with Crippen molar-refractivity contribution in [1.29, 1.82) is 0 Å². The van der Waals surface area contributed by atoms with Crippen LogP contribution in [0, 0.1) is 11.8 Å². The first kappa shape index (κ1) is 10.3. The number of aromatic nitrogens is 2. The smallest absolute Gasteiger partial charge is 0.253 e. The molecule has 1 aliphatic carbocycles. The Morgan fingerprint density at radius 3 is 2.82 bits per heavy atom. The van der Waals surface area contributed by atoms with Gasteiger partial charge in [-0.05, 0) is 17.9 Å². The lowest BCUT2D eigenvalue weighted by Gasteiger charge is -2.04. The predicted octanol–water partition coefficient (Wildman–Crippen LogP) is 1.95. The van der Waals surface area contributed by atoms with Gasteiger partial charge in [0.25, 0.3) is 5.91 Å².